The quantitative estimate of drug-likeness (QED) is 0.0255. The number of unbranched alkanes of at least 4 members (excludes halogenated alkanes) is 10. The van der Waals surface area contributed by atoms with Crippen LogP contribution in [-0.2, 0) is 57.1 Å². The topological polar surface area (TPSA) is 150 Å². The van der Waals surface area contributed by atoms with E-state index in [0.29, 0.717) is 12.8 Å². The molecule has 1 unspecified atom stereocenters. The number of hydrogen-bond donors (Lipinski definition) is 0. The second-order valence-corrected chi connectivity index (χ2v) is 15.7. The average molecular weight is 885 g/mol. The van der Waals surface area contributed by atoms with E-state index in [1.54, 1.807) is 0 Å². The molecule has 0 saturated carbocycles. The Hall–Kier alpha value is -4.29. The van der Waals surface area contributed by atoms with E-state index < -0.39 is 60.6 Å². The molecule has 0 amide bonds. The molecule has 1 heterocycles. The molecule has 0 aromatic rings. The lowest BCUT2D eigenvalue weighted by atomic mass is 10.0. The fourth-order valence-electron chi connectivity index (χ4n) is 6.48. The van der Waals surface area contributed by atoms with Gasteiger partial charge in [-0.25, -0.2) is 0 Å². The number of allylic oxidation sites excluding steroid dienone is 12. The number of rotatable bonds is 36. The molecule has 0 bridgehead atoms. The lowest BCUT2D eigenvalue weighted by Crippen LogP contribution is -2.54. The van der Waals surface area contributed by atoms with Crippen molar-refractivity contribution in [2.45, 2.75) is 200 Å². The maximum Gasteiger partial charge on any atom is 0.306 e. The van der Waals surface area contributed by atoms with Crippen LogP contribution in [0.3, 0.4) is 0 Å². The minimum absolute atomic E-state index is 0.0324. The summed E-state index contributed by atoms with van der Waals surface area (Å²) in [7, 11) is 0. The SMILES string of the molecule is CCCCC/C=C\C/C=C\C/C=C\CCCCC(=O)OC[C@H](CO[C@H]1CC(OC(C)=O)[C@@H](OC(C)=O)[C@@H](COC(C)=O)O1)OC(=O)CCCC/C=C\C/C=C\C/C=C\CCCCC. The van der Waals surface area contributed by atoms with Gasteiger partial charge in [-0.1, -0.05) is 112 Å². The minimum Gasteiger partial charge on any atom is -0.463 e. The molecule has 12 heteroatoms. The van der Waals surface area contributed by atoms with Crippen LogP contribution in [-0.4, -0.2) is 80.4 Å². The zero-order chi connectivity index (χ0) is 46.2. The van der Waals surface area contributed by atoms with Crippen LogP contribution in [0.1, 0.15) is 169 Å². The first kappa shape index (κ1) is 56.7. The lowest BCUT2D eigenvalue weighted by Gasteiger charge is -2.40. The van der Waals surface area contributed by atoms with Gasteiger partial charge in [0.15, 0.2) is 18.5 Å². The van der Waals surface area contributed by atoms with Gasteiger partial charge in [-0.2, -0.15) is 0 Å². The van der Waals surface area contributed by atoms with E-state index in [0.717, 1.165) is 64.2 Å². The average Bonchev–Trinajstić information content (AvgIpc) is 3.24. The smallest absolute Gasteiger partial charge is 0.306 e. The number of carbonyl (C=O) groups excluding carboxylic acids is 5. The van der Waals surface area contributed by atoms with E-state index in [-0.39, 0.29) is 39.1 Å². The Bertz CT molecular complexity index is 1430. The molecule has 0 spiro atoms. The van der Waals surface area contributed by atoms with E-state index >= 15 is 0 Å². The van der Waals surface area contributed by atoms with Gasteiger partial charge in [0, 0.05) is 40.0 Å². The molecule has 0 N–H and O–H groups in total. The Balaban J connectivity index is 2.71. The van der Waals surface area contributed by atoms with Gasteiger partial charge in [-0.15, -0.1) is 0 Å². The van der Waals surface area contributed by atoms with Gasteiger partial charge in [0.25, 0.3) is 0 Å². The Kier molecular flexibility index (Phi) is 35.4. The molecule has 1 saturated heterocycles. The van der Waals surface area contributed by atoms with Crippen LogP contribution in [0.5, 0.6) is 0 Å². The Morgan fingerprint density at radius 3 is 1.46 bits per heavy atom. The highest BCUT2D eigenvalue weighted by molar-refractivity contribution is 5.70. The molecule has 356 valence electrons. The van der Waals surface area contributed by atoms with Crippen LogP contribution in [0.4, 0.5) is 0 Å². The highest BCUT2D eigenvalue weighted by Crippen LogP contribution is 2.27. The first-order chi connectivity index (χ1) is 30.5. The molecule has 0 aromatic carbocycles. The fraction of sp³-hybridized carbons (Fsp3) is 0.667. The summed E-state index contributed by atoms with van der Waals surface area (Å²) >= 11 is 0. The standard InChI is InChI=1S/C51H80O12/c1-6-8-10-12-14-16-18-20-22-24-26-28-30-32-34-36-48(55)58-39-45(62-49(56)37-35-33-31-29-27-25-23-21-19-17-15-13-11-9-7-2)40-59-50-38-46(60-43(4)53)51(61-44(5)54)47(63-50)41-57-42(3)52/h14-17,20-23,26-29,45-47,50-51H,6-13,18-19,24-25,30-41H2,1-5H3/b16-14-,17-15-,22-20-,23-21-,28-26-,29-27-/t45-,46?,47-,50-,51-/m1/s1. The van der Waals surface area contributed by atoms with Crippen LogP contribution in [0.15, 0.2) is 72.9 Å². The minimum atomic E-state index is -1.07. The van der Waals surface area contributed by atoms with Crippen molar-refractivity contribution in [1.82, 2.24) is 0 Å². The predicted molar refractivity (Wildman–Crippen MR) is 246 cm³/mol. The molecule has 1 aliphatic heterocycles. The Labute approximate surface area is 378 Å². The zero-order valence-corrected chi connectivity index (χ0v) is 39.2. The Morgan fingerprint density at radius 2 is 1.00 bits per heavy atom. The summed E-state index contributed by atoms with van der Waals surface area (Å²) in [6.07, 6.45) is 39.4. The maximum absolute atomic E-state index is 13.0. The highest BCUT2D eigenvalue weighted by atomic mass is 16.7. The van der Waals surface area contributed by atoms with Crippen molar-refractivity contribution in [3.05, 3.63) is 72.9 Å². The third-order valence-electron chi connectivity index (χ3n) is 9.79. The molecule has 63 heavy (non-hydrogen) atoms. The summed E-state index contributed by atoms with van der Waals surface area (Å²) in [5, 5.41) is 0. The van der Waals surface area contributed by atoms with E-state index in [4.69, 9.17) is 33.2 Å². The van der Waals surface area contributed by atoms with E-state index in [9.17, 15) is 24.0 Å². The van der Waals surface area contributed by atoms with Crippen molar-refractivity contribution in [1.29, 1.82) is 0 Å². The van der Waals surface area contributed by atoms with E-state index in [1.165, 1.54) is 59.3 Å². The third kappa shape index (κ3) is 33.9. The van der Waals surface area contributed by atoms with Gasteiger partial charge in [0.2, 0.25) is 0 Å². The van der Waals surface area contributed by atoms with Crippen LogP contribution in [0, 0.1) is 0 Å². The van der Waals surface area contributed by atoms with Crippen LogP contribution >= 0.6 is 0 Å². The molecule has 0 radical (unpaired) electrons. The maximum atomic E-state index is 13.0. The number of carbonyl (C=O) groups is 5. The summed E-state index contributed by atoms with van der Waals surface area (Å²) in [5.74, 6) is -2.72. The molecule has 1 fully saturated rings. The molecule has 5 atom stereocenters. The van der Waals surface area contributed by atoms with Gasteiger partial charge >= 0.3 is 29.8 Å². The van der Waals surface area contributed by atoms with Gasteiger partial charge in [0.1, 0.15) is 25.4 Å². The van der Waals surface area contributed by atoms with Gasteiger partial charge < -0.3 is 33.2 Å². The summed E-state index contributed by atoms with van der Waals surface area (Å²) in [4.78, 5) is 61.2. The molecular formula is C51H80O12. The molecule has 1 rings (SSSR count). The molecule has 1 aliphatic rings. The van der Waals surface area contributed by atoms with Crippen molar-refractivity contribution in [2.75, 3.05) is 19.8 Å². The van der Waals surface area contributed by atoms with E-state index in [2.05, 4.69) is 86.8 Å². The van der Waals surface area contributed by atoms with Crippen molar-refractivity contribution < 1.29 is 57.1 Å². The Morgan fingerprint density at radius 1 is 0.540 bits per heavy atom. The second-order valence-electron chi connectivity index (χ2n) is 15.7. The summed E-state index contributed by atoms with van der Waals surface area (Å²) in [6, 6.07) is 0. The molecule has 0 aliphatic carbocycles. The van der Waals surface area contributed by atoms with Gasteiger partial charge in [-0.05, 0) is 89.9 Å². The van der Waals surface area contributed by atoms with Crippen molar-refractivity contribution in [2.24, 2.45) is 0 Å². The summed E-state index contributed by atoms with van der Waals surface area (Å²) in [5.41, 5.74) is 0. The van der Waals surface area contributed by atoms with Gasteiger partial charge in [-0.3, -0.25) is 24.0 Å². The first-order valence-corrected chi connectivity index (χ1v) is 23.5. The number of ether oxygens (including phenoxy) is 7. The van der Waals surface area contributed by atoms with Crippen LogP contribution < -0.4 is 0 Å². The monoisotopic (exact) mass is 885 g/mol. The normalized spacial score (nSPS) is 18.6. The third-order valence-corrected chi connectivity index (χ3v) is 9.79. The van der Waals surface area contributed by atoms with Crippen molar-refractivity contribution in [3.8, 4) is 0 Å². The number of hydrogen-bond acceptors (Lipinski definition) is 12. The molecule has 0 aromatic heterocycles. The lowest BCUT2D eigenvalue weighted by molar-refractivity contribution is -0.271. The predicted octanol–water partition coefficient (Wildman–Crippen LogP) is 11.2. The van der Waals surface area contributed by atoms with E-state index in [1.807, 2.05) is 0 Å². The fourth-order valence-corrected chi connectivity index (χ4v) is 6.48. The van der Waals surface area contributed by atoms with Crippen LogP contribution in [0.25, 0.3) is 0 Å². The second kappa shape index (κ2) is 39.3. The summed E-state index contributed by atoms with van der Waals surface area (Å²) < 4.78 is 39.3. The van der Waals surface area contributed by atoms with Gasteiger partial charge in [0.05, 0.1) is 6.61 Å². The number of esters is 5. The first-order valence-electron chi connectivity index (χ1n) is 23.5. The zero-order valence-electron chi connectivity index (χ0n) is 39.2. The molecule has 12 nitrogen and oxygen atoms in total. The van der Waals surface area contributed by atoms with Crippen LogP contribution in [0.2, 0.25) is 0 Å². The largest absolute Gasteiger partial charge is 0.463 e. The summed E-state index contributed by atoms with van der Waals surface area (Å²) in [6.45, 7) is 7.32. The molecular weight excluding hydrogens is 805 g/mol. The van der Waals surface area contributed by atoms with Crippen molar-refractivity contribution in [3.63, 3.8) is 0 Å². The highest BCUT2D eigenvalue weighted by Gasteiger charge is 2.44. The van der Waals surface area contributed by atoms with Crippen molar-refractivity contribution >= 4 is 29.8 Å².